The number of nitrogens with one attached hydrogen (secondary N) is 2. The predicted molar refractivity (Wildman–Crippen MR) is 108 cm³/mol. The van der Waals surface area contributed by atoms with Gasteiger partial charge in [0.25, 0.3) is 0 Å². The van der Waals surface area contributed by atoms with E-state index in [2.05, 4.69) is 15.6 Å². The Balaban J connectivity index is 1.95. The highest BCUT2D eigenvalue weighted by atomic mass is 16.5. The fourth-order valence-electron chi connectivity index (χ4n) is 2.90. The van der Waals surface area contributed by atoms with Gasteiger partial charge in [-0.3, -0.25) is 4.99 Å². The standard InChI is InChI=1S/C20H33N3O5/c1-5-21-20(23-14(2)12-28-16-8-9-27-13-16)22-11-18(24)17-10-15(25-3)6-7-19(17)26-4/h6-7,10,14,16,18,24H,5,8-9,11-13H2,1-4H3,(H2,21,22,23). The third kappa shape index (κ3) is 6.85. The molecule has 0 aromatic heterocycles. The summed E-state index contributed by atoms with van der Waals surface area (Å²) in [5, 5.41) is 17.1. The van der Waals surface area contributed by atoms with Gasteiger partial charge in [-0.15, -0.1) is 0 Å². The highest BCUT2D eigenvalue weighted by molar-refractivity contribution is 5.80. The molecular formula is C20H33N3O5. The van der Waals surface area contributed by atoms with Gasteiger partial charge in [0.2, 0.25) is 0 Å². The van der Waals surface area contributed by atoms with Crippen molar-refractivity contribution < 1.29 is 24.1 Å². The molecular weight excluding hydrogens is 362 g/mol. The summed E-state index contributed by atoms with van der Waals surface area (Å²) in [4.78, 5) is 4.51. The summed E-state index contributed by atoms with van der Waals surface area (Å²) in [5.41, 5.74) is 0.638. The number of benzene rings is 1. The minimum absolute atomic E-state index is 0.0712. The van der Waals surface area contributed by atoms with Crippen LogP contribution in [0.3, 0.4) is 0 Å². The minimum atomic E-state index is -0.817. The summed E-state index contributed by atoms with van der Waals surface area (Å²) >= 11 is 0. The number of aliphatic imine (C=N–C) groups is 1. The molecule has 0 aliphatic carbocycles. The Morgan fingerprint density at radius 3 is 2.82 bits per heavy atom. The molecule has 1 fully saturated rings. The van der Waals surface area contributed by atoms with Crippen LogP contribution in [0.25, 0.3) is 0 Å². The minimum Gasteiger partial charge on any atom is -0.497 e. The Bertz CT molecular complexity index is 620. The third-order valence-electron chi connectivity index (χ3n) is 4.42. The zero-order chi connectivity index (χ0) is 20.4. The van der Waals surface area contributed by atoms with Crippen LogP contribution in [0.1, 0.15) is 31.9 Å². The van der Waals surface area contributed by atoms with Crippen molar-refractivity contribution >= 4 is 5.96 Å². The summed E-state index contributed by atoms with van der Waals surface area (Å²) < 4.78 is 21.8. The van der Waals surface area contributed by atoms with Crippen molar-refractivity contribution in [2.45, 2.75) is 38.5 Å². The first kappa shape index (κ1) is 22.3. The van der Waals surface area contributed by atoms with Gasteiger partial charge in [-0.25, -0.2) is 0 Å². The molecule has 3 atom stereocenters. The van der Waals surface area contributed by atoms with Gasteiger partial charge in [0, 0.05) is 24.8 Å². The highest BCUT2D eigenvalue weighted by Crippen LogP contribution is 2.29. The lowest BCUT2D eigenvalue weighted by Gasteiger charge is -2.20. The van der Waals surface area contributed by atoms with E-state index in [1.165, 1.54) is 0 Å². The Labute approximate surface area is 167 Å². The van der Waals surface area contributed by atoms with Gasteiger partial charge in [0.1, 0.15) is 17.6 Å². The van der Waals surface area contributed by atoms with Crippen LogP contribution in [0.4, 0.5) is 0 Å². The SMILES string of the molecule is CCNC(=NCC(O)c1cc(OC)ccc1OC)NC(C)COC1CCOC1. The summed E-state index contributed by atoms with van der Waals surface area (Å²) in [7, 11) is 3.16. The first-order chi connectivity index (χ1) is 13.6. The van der Waals surface area contributed by atoms with E-state index in [0.29, 0.717) is 42.8 Å². The van der Waals surface area contributed by atoms with Crippen LogP contribution in [0, 0.1) is 0 Å². The molecule has 2 rings (SSSR count). The second-order valence-electron chi connectivity index (χ2n) is 6.71. The van der Waals surface area contributed by atoms with E-state index in [1.807, 2.05) is 13.8 Å². The number of hydrogen-bond donors (Lipinski definition) is 3. The maximum absolute atomic E-state index is 10.6. The summed E-state index contributed by atoms with van der Waals surface area (Å²) in [6, 6.07) is 5.40. The Hall–Kier alpha value is -2.03. The van der Waals surface area contributed by atoms with Gasteiger partial charge in [0.05, 0.1) is 40.1 Å². The lowest BCUT2D eigenvalue weighted by Crippen LogP contribution is -2.44. The first-order valence-corrected chi connectivity index (χ1v) is 9.71. The maximum Gasteiger partial charge on any atom is 0.191 e. The van der Waals surface area contributed by atoms with Crippen molar-refractivity contribution in [3.8, 4) is 11.5 Å². The predicted octanol–water partition coefficient (Wildman–Crippen LogP) is 1.49. The van der Waals surface area contributed by atoms with Gasteiger partial charge in [-0.2, -0.15) is 0 Å². The van der Waals surface area contributed by atoms with E-state index in [4.69, 9.17) is 18.9 Å². The molecule has 28 heavy (non-hydrogen) atoms. The van der Waals surface area contributed by atoms with Crippen molar-refractivity contribution in [3.63, 3.8) is 0 Å². The van der Waals surface area contributed by atoms with E-state index in [1.54, 1.807) is 32.4 Å². The molecule has 3 unspecified atom stereocenters. The van der Waals surface area contributed by atoms with E-state index in [9.17, 15) is 5.11 Å². The third-order valence-corrected chi connectivity index (χ3v) is 4.42. The molecule has 1 aromatic rings. The van der Waals surface area contributed by atoms with Crippen LogP contribution < -0.4 is 20.1 Å². The Morgan fingerprint density at radius 2 is 2.18 bits per heavy atom. The molecule has 8 nitrogen and oxygen atoms in total. The molecule has 1 aromatic carbocycles. The summed E-state index contributed by atoms with van der Waals surface area (Å²) in [6.07, 6.45) is 0.295. The molecule has 158 valence electrons. The molecule has 0 amide bonds. The monoisotopic (exact) mass is 395 g/mol. The smallest absolute Gasteiger partial charge is 0.191 e. The summed E-state index contributed by atoms with van der Waals surface area (Å²) in [6.45, 7) is 6.92. The zero-order valence-electron chi connectivity index (χ0n) is 17.2. The van der Waals surface area contributed by atoms with E-state index < -0.39 is 6.10 Å². The second kappa shape index (κ2) is 11.7. The van der Waals surface area contributed by atoms with E-state index in [-0.39, 0.29) is 18.7 Å². The van der Waals surface area contributed by atoms with Crippen molar-refractivity contribution in [3.05, 3.63) is 23.8 Å². The number of ether oxygens (including phenoxy) is 4. The number of methoxy groups -OCH3 is 2. The average molecular weight is 396 g/mol. The zero-order valence-corrected chi connectivity index (χ0v) is 17.2. The summed E-state index contributed by atoms with van der Waals surface area (Å²) in [5.74, 6) is 1.88. The van der Waals surface area contributed by atoms with Crippen LogP contribution in [-0.2, 0) is 9.47 Å². The second-order valence-corrected chi connectivity index (χ2v) is 6.71. The molecule has 1 saturated heterocycles. The largest absolute Gasteiger partial charge is 0.497 e. The topological polar surface area (TPSA) is 93.6 Å². The average Bonchev–Trinajstić information content (AvgIpc) is 3.23. The molecule has 0 spiro atoms. The quantitative estimate of drug-likeness (QED) is 0.408. The number of aliphatic hydroxyl groups excluding tert-OH is 1. The highest BCUT2D eigenvalue weighted by Gasteiger charge is 2.18. The molecule has 0 saturated carbocycles. The molecule has 8 heteroatoms. The number of guanidine groups is 1. The van der Waals surface area contributed by atoms with Crippen molar-refractivity contribution in [2.75, 3.05) is 47.1 Å². The first-order valence-electron chi connectivity index (χ1n) is 9.71. The van der Waals surface area contributed by atoms with E-state index in [0.717, 1.165) is 13.0 Å². The lowest BCUT2D eigenvalue weighted by molar-refractivity contribution is 0.0347. The molecule has 1 heterocycles. The van der Waals surface area contributed by atoms with Gasteiger partial charge < -0.3 is 34.7 Å². The van der Waals surface area contributed by atoms with Gasteiger partial charge >= 0.3 is 0 Å². The van der Waals surface area contributed by atoms with Crippen molar-refractivity contribution in [1.82, 2.24) is 10.6 Å². The molecule has 0 radical (unpaired) electrons. The number of nitrogens with zero attached hydrogens (tertiary/aromatic N) is 1. The van der Waals surface area contributed by atoms with Crippen LogP contribution in [0.15, 0.2) is 23.2 Å². The molecule has 0 bridgehead atoms. The normalized spacial score (nSPS) is 19.2. The number of aliphatic hydroxyl groups is 1. The van der Waals surface area contributed by atoms with E-state index >= 15 is 0 Å². The van der Waals surface area contributed by atoms with Gasteiger partial charge in [-0.05, 0) is 38.5 Å². The Morgan fingerprint density at radius 1 is 1.36 bits per heavy atom. The van der Waals surface area contributed by atoms with Gasteiger partial charge in [-0.1, -0.05) is 0 Å². The van der Waals surface area contributed by atoms with Crippen LogP contribution in [-0.4, -0.2) is 70.3 Å². The van der Waals surface area contributed by atoms with Crippen molar-refractivity contribution in [2.24, 2.45) is 4.99 Å². The number of rotatable bonds is 10. The van der Waals surface area contributed by atoms with Crippen molar-refractivity contribution in [1.29, 1.82) is 0 Å². The van der Waals surface area contributed by atoms with Gasteiger partial charge in [0.15, 0.2) is 5.96 Å². The maximum atomic E-state index is 10.6. The Kier molecular flexibility index (Phi) is 9.33. The van der Waals surface area contributed by atoms with Crippen LogP contribution in [0.2, 0.25) is 0 Å². The fourth-order valence-corrected chi connectivity index (χ4v) is 2.90. The molecule has 1 aliphatic rings. The fraction of sp³-hybridized carbons (Fsp3) is 0.650. The van der Waals surface area contributed by atoms with Crippen LogP contribution in [0.5, 0.6) is 11.5 Å². The number of hydrogen-bond acceptors (Lipinski definition) is 6. The molecule has 3 N–H and O–H groups in total. The lowest BCUT2D eigenvalue weighted by atomic mass is 10.1. The van der Waals surface area contributed by atoms with Crippen LogP contribution >= 0.6 is 0 Å². The molecule has 1 aliphatic heterocycles.